The Kier molecular flexibility index (Phi) is 8.73. The molecular weight excluding hydrogens is 506 g/mol. The number of carbonyl (C=O) groups is 4. The van der Waals surface area contributed by atoms with Crippen molar-refractivity contribution in [1.29, 1.82) is 0 Å². The number of nitrogens with one attached hydrogen (secondary N) is 1. The third-order valence-electron chi connectivity index (χ3n) is 6.21. The molecule has 1 N–H and O–H groups in total. The van der Waals surface area contributed by atoms with Crippen LogP contribution in [-0.4, -0.2) is 65.6 Å². The summed E-state index contributed by atoms with van der Waals surface area (Å²) in [5.41, 5.74) is 3.22. The first-order chi connectivity index (χ1) is 18.2. The molecule has 9 nitrogen and oxygen atoms in total. The highest BCUT2D eigenvalue weighted by Crippen LogP contribution is 2.35. The van der Waals surface area contributed by atoms with E-state index in [1.807, 2.05) is 32.9 Å². The molecule has 0 saturated carbocycles. The van der Waals surface area contributed by atoms with Gasteiger partial charge in [-0.25, -0.2) is 0 Å². The molecule has 2 aliphatic rings. The molecule has 4 amide bonds. The van der Waals surface area contributed by atoms with Gasteiger partial charge in [0, 0.05) is 18.8 Å². The van der Waals surface area contributed by atoms with Crippen LogP contribution in [0.5, 0.6) is 11.5 Å². The van der Waals surface area contributed by atoms with Gasteiger partial charge in [-0.1, -0.05) is 23.8 Å². The summed E-state index contributed by atoms with van der Waals surface area (Å²) in [7, 11) is 0. The van der Waals surface area contributed by atoms with Crippen LogP contribution in [-0.2, 0) is 14.4 Å². The zero-order valence-electron chi connectivity index (χ0n) is 21.7. The van der Waals surface area contributed by atoms with E-state index in [-0.39, 0.29) is 24.0 Å². The fourth-order valence-electron chi connectivity index (χ4n) is 4.27. The number of ether oxygens (including phenoxy) is 2. The number of rotatable bonds is 9. The molecule has 2 aromatic carbocycles. The summed E-state index contributed by atoms with van der Waals surface area (Å²) < 4.78 is 11.4. The Morgan fingerprint density at radius 3 is 2.50 bits per heavy atom. The van der Waals surface area contributed by atoms with Crippen molar-refractivity contribution < 1.29 is 28.7 Å². The molecule has 0 atom stereocenters. The van der Waals surface area contributed by atoms with Gasteiger partial charge < -0.3 is 19.7 Å². The topological polar surface area (TPSA) is 105 Å². The Hall–Kier alpha value is -3.79. The van der Waals surface area contributed by atoms with Gasteiger partial charge in [-0.2, -0.15) is 0 Å². The molecule has 2 fully saturated rings. The van der Waals surface area contributed by atoms with E-state index in [0.29, 0.717) is 29.4 Å². The molecular formula is C28H31N3O6S. The number of anilines is 1. The summed E-state index contributed by atoms with van der Waals surface area (Å²) in [4.78, 5) is 53.3. The Labute approximate surface area is 226 Å². The van der Waals surface area contributed by atoms with Gasteiger partial charge in [0.05, 0.1) is 11.5 Å². The predicted molar refractivity (Wildman–Crippen MR) is 146 cm³/mol. The molecule has 10 heteroatoms. The van der Waals surface area contributed by atoms with Crippen molar-refractivity contribution in [3.05, 3.63) is 58.0 Å². The average molecular weight is 538 g/mol. The normalized spacial score (nSPS) is 16.3. The highest BCUT2D eigenvalue weighted by Gasteiger charge is 2.36. The van der Waals surface area contributed by atoms with E-state index in [9.17, 15) is 19.2 Å². The Bertz CT molecular complexity index is 1290. The third-order valence-corrected chi connectivity index (χ3v) is 7.11. The van der Waals surface area contributed by atoms with Crippen LogP contribution < -0.4 is 14.8 Å². The zero-order valence-corrected chi connectivity index (χ0v) is 22.6. The highest BCUT2D eigenvalue weighted by molar-refractivity contribution is 8.18. The minimum absolute atomic E-state index is 0.0655. The fraction of sp³-hybridized carbons (Fsp3) is 0.357. The fourth-order valence-corrected chi connectivity index (χ4v) is 5.11. The number of carbonyl (C=O) groups excluding carboxylic acids is 4. The van der Waals surface area contributed by atoms with E-state index in [2.05, 4.69) is 5.32 Å². The summed E-state index contributed by atoms with van der Waals surface area (Å²) in [5, 5.41) is 2.25. The highest BCUT2D eigenvalue weighted by atomic mass is 32.2. The van der Waals surface area contributed by atoms with E-state index in [1.54, 1.807) is 35.2 Å². The van der Waals surface area contributed by atoms with Crippen molar-refractivity contribution in [1.82, 2.24) is 9.80 Å². The van der Waals surface area contributed by atoms with E-state index in [1.165, 1.54) is 0 Å². The number of amides is 4. The Balaban J connectivity index is 1.42. The number of nitrogens with zero attached hydrogens (tertiary/aromatic N) is 2. The van der Waals surface area contributed by atoms with Crippen molar-refractivity contribution in [2.24, 2.45) is 0 Å². The second-order valence-corrected chi connectivity index (χ2v) is 10.1. The number of likely N-dealkylation sites (tertiary alicyclic amines) is 1. The zero-order chi connectivity index (χ0) is 27.2. The maximum Gasteiger partial charge on any atom is 0.294 e. The first-order valence-corrected chi connectivity index (χ1v) is 13.4. The quantitative estimate of drug-likeness (QED) is 0.474. The molecule has 0 bridgehead atoms. The van der Waals surface area contributed by atoms with Gasteiger partial charge in [-0.05, 0) is 80.8 Å². The second kappa shape index (κ2) is 12.2. The number of benzene rings is 2. The van der Waals surface area contributed by atoms with Crippen LogP contribution in [0.4, 0.5) is 10.5 Å². The van der Waals surface area contributed by atoms with Crippen LogP contribution in [0.25, 0.3) is 6.08 Å². The van der Waals surface area contributed by atoms with E-state index in [4.69, 9.17) is 9.47 Å². The maximum absolute atomic E-state index is 12.9. The lowest BCUT2D eigenvalue weighted by atomic mass is 10.1. The molecule has 200 valence electrons. The molecule has 0 aliphatic carbocycles. The van der Waals surface area contributed by atoms with Crippen molar-refractivity contribution in [2.75, 3.05) is 38.2 Å². The van der Waals surface area contributed by atoms with Gasteiger partial charge in [0.25, 0.3) is 17.1 Å². The van der Waals surface area contributed by atoms with Gasteiger partial charge in [0.1, 0.15) is 6.54 Å². The Morgan fingerprint density at radius 1 is 1.03 bits per heavy atom. The standard InChI is InChI=1S/C28H31N3O6S/c1-4-36-23-14-20(8-10-22(23)37-17-26(33)30-11-5-6-12-30)15-24-27(34)31(28(35)38-24)16-25(32)29-21-9-7-18(2)13-19(21)3/h7-10,13-15H,4-6,11-12,16-17H2,1-3H3,(H,29,32)/b24-15-. The number of thioether (sulfide) groups is 1. The minimum Gasteiger partial charge on any atom is -0.490 e. The van der Waals surface area contributed by atoms with Gasteiger partial charge in [-0.3, -0.25) is 24.1 Å². The average Bonchev–Trinajstić information content (AvgIpc) is 3.50. The SMILES string of the molecule is CCOc1cc(/C=C2\SC(=O)N(CC(=O)Nc3ccc(C)cc3C)C2=O)ccc1OCC(=O)N1CCCC1. The number of imide groups is 1. The largest absolute Gasteiger partial charge is 0.490 e. The van der Waals surface area contributed by atoms with Crippen LogP contribution in [0.15, 0.2) is 41.3 Å². The number of hydrogen-bond donors (Lipinski definition) is 1. The molecule has 4 rings (SSSR count). The van der Waals surface area contributed by atoms with Crippen LogP contribution >= 0.6 is 11.8 Å². The van der Waals surface area contributed by atoms with E-state index in [0.717, 1.165) is 53.7 Å². The van der Waals surface area contributed by atoms with Crippen LogP contribution in [0.3, 0.4) is 0 Å². The van der Waals surface area contributed by atoms with Gasteiger partial charge in [-0.15, -0.1) is 0 Å². The van der Waals surface area contributed by atoms with Crippen LogP contribution in [0.1, 0.15) is 36.5 Å². The first-order valence-electron chi connectivity index (χ1n) is 12.5. The van der Waals surface area contributed by atoms with Gasteiger partial charge >= 0.3 is 0 Å². The monoisotopic (exact) mass is 537 g/mol. The summed E-state index contributed by atoms with van der Waals surface area (Å²) in [5.74, 6) is -0.200. The minimum atomic E-state index is -0.537. The number of aryl methyl sites for hydroxylation is 2. The van der Waals surface area contributed by atoms with Crippen molar-refractivity contribution >= 4 is 46.5 Å². The lowest BCUT2D eigenvalue weighted by Gasteiger charge is -2.17. The summed E-state index contributed by atoms with van der Waals surface area (Å²) in [6.07, 6.45) is 3.59. The smallest absolute Gasteiger partial charge is 0.294 e. The second-order valence-electron chi connectivity index (χ2n) is 9.15. The summed E-state index contributed by atoms with van der Waals surface area (Å²) in [6, 6.07) is 10.7. The predicted octanol–water partition coefficient (Wildman–Crippen LogP) is 4.38. The van der Waals surface area contributed by atoms with Crippen LogP contribution in [0.2, 0.25) is 0 Å². The Morgan fingerprint density at radius 2 is 1.79 bits per heavy atom. The van der Waals surface area contributed by atoms with Crippen LogP contribution in [0, 0.1) is 13.8 Å². The van der Waals surface area contributed by atoms with Crippen molar-refractivity contribution in [3.8, 4) is 11.5 Å². The molecule has 0 radical (unpaired) electrons. The third kappa shape index (κ3) is 6.55. The van der Waals surface area contributed by atoms with Crippen molar-refractivity contribution in [3.63, 3.8) is 0 Å². The first kappa shape index (κ1) is 27.3. The molecule has 0 spiro atoms. The molecule has 0 aromatic heterocycles. The van der Waals surface area contributed by atoms with Gasteiger partial charge in [0.2, 0.25) is 5.91 Å². The van der Waals surface area contributed by atoms with Gasteiger partial charge in [0.15, 0.2) is 18.1 Å². The molecule has 2 aliphatic heterocycles. The lowest BCUT2D eigenvalue weighted by molar-refractivity contribution is -0.132. The lowest BCUT2D eigenvalue weighted by Crippen LogP contribution is -2.36. The molecule has 2 heterocycles. The molecule has 2 aromatic rings. The molecule has 38 heavy (non-hydrogen) atoms. The number of hydrogen-bond acceptors (Lipinski definition) is 7. The molecule has 2 saturated heterocycles. The summed E-state index contributed by atoms with van der Waals surface area (Å²) in [6.45, 7) is 7.10. The molecule has 0 unspecified atom stereocenters. The summed E-state index contributed by atoms with van der Waals surface area (Å²) >= 11 is 0.778. The van der Waals surface area contributed by atoms with E-state index >= 15 is 0 Å². The van der Waals surface area contributed by atoms with E-state index < -0.39 is 17.1 Å². The maximum atomic E-state index is 12.9. The van der Waals surface area contributed by atoms with Crippen molar-refractivity contribution in [2.45, 2.75) is 33.6 Å².